The Hall–Kier alpha value is -0.140. The van der Waals surface area contributed by atoms with E-state index in [1.54, 1.807) is 0 Å². The highest BCUT2D eigenvalue weighted by atomic mass is 19.2. The summed E-state index contributed by atoms with van der Waals surface area (Å²) in [5.74, 6) is 0. The van der Waals surface area contributed by atoms with Crippen molar-refractivity contribution in [3.05, 3.63) is 6.42 Å². The fourth-order valence-corrected chi connectivity index (χ4v) is 0.897. The molecule has 0 N–H and O–H groups in total. The SMILES string of the molecule is FC1[CH]CCCC1F. The lowest BCUT2D eigenvalue weighted by molar-refractivity contribution is 0.157. The second-order valence-electron chi connectivity index (χ2n) is 2.13. The molecule has 0 aromatic heterocycles. The van der Waals surface area contributed by atoms with Gasteiger partial charge in [0.05, 0.1) is 0 Å². The molecule has 1 aliphatic carbocycles. The maximum Gasteiger partial charge on any atom is 0.134 e. The molecular formula is C6H9F2. The van der Waals surface area contributed by atoms with Crippen molar-refractivity contribution in [3.63, 3.8) is 0 Å². The van der Waals surface area contributed by atoms with Crippen LogP contribution in [0, 0.1) is 6.42 Å². The fourth-order valence-electron chi connectivity index (χ4n) is 0.897. The first-order valence-electron chi connectivity index (χ1n) is 2.92. The van der Waals surface area contributed by atoms with Gasteiger partial charge in [-0.3, -0.25) is 0 Å². The van der Waals surface area contributed by atoms with E-state index in [-0.39, 0.29) is 0 Å². The summed E-state index contributed by atoms with van der Waals surface area (Å²) in [6.45, 7) is 0. The number of rotatable bonds is 0. The highest BCUT2D eigenvalue weighted by Gasteiger charge is 2.23. The molecule has 0 heterocycles. The first kappa shape index (κ1) is 5.99. The third-order valence-corrected chi connectivity index (χ3v) is 1.42. The zero-order valence-corrected chi connectivity index (χ0v) is 4.61. The smallest absolute Gasteiger partial charge is 0.134 e. The maximum absolute atomic E-state index is 12.2. The van der Waals surface area contributed by atoms with Crippen molar-refractivity contribution in [1.29, 1.82) is 0 Å². The van der Waals surface area contributed by atoms with Gasteiger partial charge in [-0.15, -0.1) is 0 Å². The van der Waals surface area contributed by atoms with Crippen LogP contribution in [0.4, 0.5) is 8.78 Å². The molecule has 8 heavy (non-hydrogen) atoms. The van der Waals surface area contributed by atoms with Crippen LogP contribution in [0.15, 0.2) is 0 Å². The van der Waals surface area contributed by atoms with E-state index in [2.05, 4.69) is 0 Å². The molecular weight excluding hydrogens is 110 g/mol. The van der Waals surface area contributed by atoms with E-state index >= 15 is 0 Å². The lowest BCUT2D eigenvalue weighted by Crippen LogP contribution is -2.21. The van der Waals surface area contributed by atoms with E-state index in [0.29, 0.717) is 6.42 Å². The summed E-state index contributed by atoms with van der Waals surface area (Å²) >= 11 is 0. The molecule has 2 unspecified atom stereocenters. The van der Waals surface area contributed by atoms with Gasteiger partial charge in [-0.25, -0.2) is 8.78 Å². The van der Waals surface area contributed by atoms with Gasteiger partial charge in [0.15, 0.2) is 0 Å². The van der Waals surface area contributed by atoms with Crippen LogP contribution in [0.25, 0.3) is 0 Å². The standard InChI is InChI=1S/C6H9F2/c7-5-3-1-2-4-6(5)8/h3,5-6H,1-2,4H2. The molecule has 1 fully saturated rings. The Kier molecular flexibility index (Phi) is 1.81. The summed E-state index contributed by atoms with van der Waals surface area (Å²) < 4.78 is 24.3. The van der Waals surface area contributed by atoms with Gasteiger partial charge < -0.3 is 0 Å². The van der Waals surface area contributed by atoms with Gasteiger partial charge in [-0.2, -0.15) is 0 Å². The number of hydrogen-bond donors (Lipinski definition) is 0. The molecule has 0 aromatic carbocycles. The third-order valence-electron chi connectivity index (χ3n) is 1.42. The fraction of sp³-hybridized carbons (Fsp3) is 0.833. The van der Waals surface area contributed by atoms with E-state index in [1.165, 1.54) is 6.42 Å². The average molecular weight is 119 g/mol. The van der Waals surface area contributed by atoms with Gasteiger partial charge in [-0.1, -0.05) is 6.42 Å². The lowest BCUT2D eigenvalue weighted by Gasteiger charge is -2.17. The van der Waals surface area contributed by atoms with Crippen molar-refractivity contribution in [2.24, 2.45) is 0 Å². The summed E-state index contributed by atoms with van der Waals surface area (Å²) in [4.78, 5) is 0. The Morgan fingerprint density at radius 3 is 2.50 bits per heavy atom. The molecule has 0 amide bonds. The first-order valence-corrected chi connectivity index (χ1v) is 2.92. The molecule has 0 saturated heterocycles. The van der Waals surface area contributed by atoms with E-state index in [9.17, 15) is 8.78 Å². The van der Waals surface area contributed by atoms with E-state index in [1.807, 2.05) is 0 Å². The van der Waals surface area contributed by atoms with Crippen LogP contribution < -0.4 is 0 Å². The second-order valence-corrected chi connectivity index (χ2v) is 2.13. The summed E-state index contributed by atoms with van der Waals surface area (Å²) in [7, 11) is 0. The van der Waals surface area contributed by atoms with Crippen LogP contribution in [0.1, 0.15) is 19.3 Å². The van der Waals surface area contributed by atoms with Gasteiger partial charge >= 0.3 is 0 Å². The number of alkyl halides is 2. The van der Waals surface area contributed by atoms with Crippen molar-refractivity contribution in [3.8, 4) is 0 Å². The van der Waals surface area contributed by atoms with E-state index in [4.69, 9.17) is 0 Å². The van der Waals surface area contributed by atoms with Gasteiger partial charge in [0.2, 0.25) is 0 Å². The highest BCUT2D eigenvalue weighted by Crippen LogP contribution is 2.22. The largest absolute Gasteiger partial charge is 0.244 e. The van der Waals surface area contributed by atoms with Crippen LogP contribution >= 0.6 is 0 Å². The minimum atomic E-state index is -1.29. The van der Waals surface area contributed by atoms with Crippen LogP contribution in [0.5, 0.6) is 0 Å². The highest BCUT2D eigenvalue weighted by molar-refractivity contribution is 4.87. The third kappa shape index (κ3) is 1.17. The van der Waals surface area contributed by atoms with Crippen molar-refractivity contribution < 1.29 is 8.78 Å². The van der Waals surface area contributed by atoms with Crippen molar-refractivity contribution >= 4 is 0 Å². The maximum atomic E-state index is 12.2. The van der Waals surface area contributed by atoms with Crippen LogP contribution in [0.3, 0.4) is 0 Å². The molecule has 1 saturated carbocycles. The predicted octanol–water partition coefficient (Wildman–Crippen LogP) is 2.05. The Labute approximate surface area is 47.9 Å². The molecule has 1 rings (SSSR count). The molecule has 1 radical (unpaired) electrons. The Morgan fingerprint density at radius 1 is 1.38 bits per heavy atom. The molecule has 0 aliphatic heterocycles. The van der Waals surface area contributed by atoms with E-state index < -0.39 is 12.3 Å². The Balaban J connectivity index is 2.28. The summed E-state index contributed by atoms with van der Waals surface area (Å²) in [5, 5.41) is 0. The summed E-state index contributed by atoms with van der Waals surface area (Å²) in [6, 6.07) is 0. The van der Waals surface area contributed by atoms with Gasteiger partial charge in [-0.05, 0) is 19.3 Å². The average Bonchev–Trinajstić information content (AvgIpc) is 1.77. The molecule has 2 heteroatoms. The molecule has 0 bridgehead atoms. The molecule has 0 aromatic rings. The zero-order chi connectivity index (χ0) is 5.98. The van der Waals surface area contributed by atoms with Crippen LogP contribution in [0.2, 0.25) is 0 Å². The van der Waals surface area contributed by atoms with Gasteiger partial charge in [0.25, 0.3) is 0 Å². The minimum Gasteiger partial charge on any atom is -0.244 e. The number of halogens is 2. The Bertz CT molecular complexity index is 62.9. The van der Waals surface area contributed by atoms with Crippen LogP contribution in [-0.4, -0.2) is 12.3 Å². The minimum absolute atomic E-state index is 0.400. The molecule has 2 atom stereocenters. The Morgan fingerprint density at radius 2 is 2.12 bits per heavy atom. The second kappa shape index (κ2) is 2.42. The summed E-state index contributed by atoms with van der Waals surface area (Å²) in [6.07, 6.45) is 0.849. The van der Waals surface area contributed by atoms with Gasteiger partial charge in [0, 0.05) is 0 Å². The van der Waals surface area contributed by atoms with Gasteiger partial charge in [0.1, 0.15) is 12.3 Å². The number of hydrogen-bond acceptors (Lipinski definition) is 0. The normalized spacial score (nSPS) is 39.8. The lowest BCUT2D eigenvalue weighted by atomic mass is 9.97. The molecule has 0 spiro atoms. The quantitative estimate of drug-likeness (QED) is 0.457. The topological polar surface area (TPSA) is 0 Å². The van der Waals surface area contributed by atoms with E-state index in [0.717, 1.165) is 12.8 Å². The summed E-state index contributed by atoms with van der Waals surface area (Å²) in [5.41, 5.74) is 0. The van der Waals surface area contributed by atoms with Crippen LogP contribution in [-0.2, 0) is 0 Å². The zero-order valence-electron chi connectivity index (χ0n) is 4.61. The first-order chi connectivity index (χ1) is 3.80. The monoisotopic (exact) mass is 119 g/mol. The molecule has 1 aliphatic rings. The molecule has 47 valence electrons. The van der Waals surface area contributed by atoms with Crippen molar-refractivity contribution in [1.82, 2.24) is 0 Å². The van der Waals surface area contributed by atoms with Crippen molar-refractivity contribution in [2.45, 2.75) is 31.6 Å². The molecule has 0 nitrogen and oxygen atoms in total. The predicted molar refractivity (Wildman–Crippen MR) is 27.9 cm³/mol. The van der Waals surface area contributed by atoms with Crippen molar-refractivity contribution in [2.75, 3.05) is 0 Å².